The molecule has 1 N–H and O–H groups in total. The first kappa shape index (κ1) is 14.1. The van der Waals surface area contributed by atoms with Crippen LogP contribution in [0.3, 0.4) is 0 Å². The van der Waals surface area contributed by atoms with Gasteiger partial charge in [-0.2, -0.15) is 0 Å². The minimum atomic E-state index is 0.863. The summed E-state index contributed by atoms with van der Waals surface area (Å²) in [7, 11) is 2.10. The molecule has 0 radical (unpaired) electrons. The van der Waals surface area contributed by atoms with Gasteiger partial charge in [-0.3, -0.25) is 0 Å². The van der Waals surface area contributed by atoms with E-state index >= 15 is 0 Å². The number of aromatic nitrogens is 1. The third kappa shape index (κ3) is 3.84. The van der Waals surface area contributed by atoms with Crippen molar-refractivity contribution in [2.75, 3.05) is 6.54 Å². The van der Waals surface area contributed by atoms with Crippen LogP contribution in [0.1, 0.15) is 38.7 Å². The molecule has 1 unspecified atom stereocenters. The van der Waals surface area contributed by atoms with Crippen LogP contribution in [-0.4, -0.2) is 11.1 Å². The Morgan fingerprint density at radius 1 is 1.26 bits per heavy atom. The zero-order valence-electron chi connectivity index (χ0n) is 12.4. The Labute approximate surface area is 116 Å². The second-order valence-corrected chi connectivity index (χ2v) is 5.65. The average molecular weight is 258 g/mol. The highest BCUT2D eigenvalue weighted by Gasteiger charge is 2.01. The van der Waals surface area contributed by atoms with Gasteiger partial charge in [0.05, 0.1) is 0 Å². The van der Waals surface area contributed by atoms with Gasteiger partial charge in [0.2, 0.25) is 0 Å². The van der Waals surface area contributed by atoms with Crippen LogP contribution >= 0.6 is 0 Å². The number of nitrogens with one attached hydrogen (secondary N) is 1. The minimum Gasteiger partial charge on any atom is -0.351 e. The van der Waals surface area contributed by atoms with Crippen molar-refractivity contribution in [3.05, 3.63) is 36.0 Å². The lowest BCUT2D eigenvalue weighted by Gasteiger charge is -2.09. The summed E-state index contributed by atoms with van der Waals surface area (Å²) >= 11 is 0. The minimum absolute atomic E-state index is 0.863. The molecule has 2 aromatic rings. The zero-order chi connectivity index (χ0) is 13.7. The van der Waals surface area contributed by atoms with Gasteiger partial charge in [-0.25, -0.2) is 0 Å². The molecule has 1 aromatic heterocycles. The van der Waals surface area contributed by atoms with Gasteiger partial charge < -0.3 is 9.88 Å². The molecular formula is C17H26N2. The molecule has 1 aromatic carbocycles. The van der Waals surface area contributed by atoms with Crippen molar-refractivity contribution in [3.8, 4) is 0 Å². The molecule has 0 amide bonds. The highest BCUT2D eigenvalue weighted by molar-refractivity contribution is 5.80. The first-order chi connectivity index (χ1) is 9.20. The van der Waals surface area contributed by atoms with Crippen LogP contribution in [0.5, 0.6) is 0 Å². The van der Waals surface area contributed by atoms with Crippen molar-refractivity contribution in [2.45, 2.75) is 39.7 Å². The van der Waals surface area contributed by atoms with Crippen LogP contribution in [0.2, 0.25) is 0 Å². The number of aryl methyl sites for hydroxylation is 1. The van der Waals surface area contributed by atoms with Gasteiger partial charge in [0, 0.05) is 25.3 Å². The molecule has 1 heterocycles. The molecule has 0 aliphatic rings. The van der Waals surface area contributed by atoms with Crippen LogP contribution in [-0.2, 0) is 13.6 Å². The third-order valence-corrected chi connectivity index (χ3v) is 4.03. The molecule has 0 bridgehead atoms. The highest BCUT2D eigenvalue weighted by Crippen LogP contribution is 2.16. The van der Waals surface area contributed by atoms with Crippen LogP contribution in [0, 0.1) is 5.92 Å². The quantitative estimate of drug-likeness (QED) is 0.740. The summed E-state index contributed by atoms with van der Waals surface area (Å²) in [6.07, 6.45) is 6.03. The molecule has 19 heavy (non-hydrogen) atoms. The maximum absolute atomic E-state index is 3.55. The number of nitrogens with zero attached hydrogens (tertiary/aromatic N) is 1. The summed E-state index contributed by atoms with van der Waals surface area (Å²) < 4.78 is 2.18. The molecule has 0 aliphatic carbocycles. The number of benzene rings is 1. The first-order valence-corrected chi connectivity index (χ1v) is 7.45. The predicted molar refractivity (Wildman–Crippen MR) is 83.3 cm³/mol. The van der Waals surface area contributed by atoms with Gasteiger partial charge in [0.25, 0.3) is 0 Å². The molecule has 1 atom stereocenters. The summed E-state index contributed by atoms with van der Waals surface area (Å²) in [5.41, 5.74) is 2.69. The van der Waals surface area contributed by atoms with Gasteiger partial charge in [0.1, 0.15) is 0 Å². The Morgan fingerprint density at radius 3 is 2.89 bits per heavy atom. The second-order valence-electron chi connectivity index (χ2n) is 5.65. The van der Waals surface area contributed by atoms with E-state index in [1.54, 1.807) is 0 Å². The Balaban J connectivity index is 1.80. The lowest BCUT2D eigenvalue weighted by Crippen LogP contribution is -2.15. The van der Waals surface area contributed by atoms with E-state index in [2.05, 4.69) is 61.2 Å². The Kier molecular flexibility index (Phi) is 5.03. The fourth-order valence-electron chi connectivity index (χ4n) is 2.43. The van der Waals surface area contributed by atoms with Crippen molar-refractivity contribution in [3.63, 3.8) is 0 Å². The number of hydrogen-bond donors (Lipinski definition) is 1. The summed E-state index contributed by atoms with van der Waals surface area (Å²) in [6, 6.07) is 8.89. The van der Waals surface area contributed by atoms with Crippen molar-refractivity contribution in [1.29, 1.82) is 0 Å². The van der Waals surface area contributed by atoms with Gasteiger partial charge in [-0.05, 0) is 48.4 Å². The van der Waals surface area contributed by atoms with Crippen molar-refractivity contribution >= 4 is 10.9 Å². The van der Waals surface area contributed by atoms with Crippen LogP contribution < -0.4 is 5.32 Å². The Hall–Kier alpha value is -1.28. The van der Waals surface area contributed by atoms with Gasteiger partial charge in [-0.1, -0.05) is 32.4 Å². The van der Waals surface area contributed by atoms with E-state index in [-0.39, 0.29) is 0 Å². The molecular weight excluding hydrogens is 232 g/mol. The van der Waals surface area contributed by atoms with E-state index < -0.39 is 0 Å². The van der Waals surface area contributed by atoms with Gasteiger partial charge >= 0.3 is 0 Å². The van der Waals surface area contributed by atoms with Crippen LogP contribution in [0.15, 0.2) is 30.5 Å². The Morgan fingerprint density at radius 2 is 2.11 bits per heavy atom. The number of rotatable bonds is 7. The molecule has 0 spiro atoms. The summed E-state index contributed by atoms with van der Waals surface area (Å²) in [5, 5.41) is 4.87. The van der Waals surface area contributed by atoms with Gasteiger partial charge in [-0.15, -0.1) is 0 Å². The maximum atomic E-state index is 3.55. The topological polar surface area (TPSA) is 17.0 Å². The number of fused-ring (bicyclic) bond motifs is 1. The summed E-state index contributed by atoms with van der Waals surface area (Å²) in [6.45, 7) is 6.70. The number of hydrogen-bond acceptors (Lipinski definition) is 1. The molecule has 2 rings (SSSR count). The average Bonchev–Trinajstić information content (AvgIpc) is 2.79. The molecule has 104 valence electrons. The molecule has 2 nitrogen and oxygen atoms in total. The van der Waals surface area contributed by atoms with Crippen LogP contribution in [0.25, 0.3) is 10.9 Å². The van der Waals surface area contributed by atoms with E-state index in [1.807, 2.05) is 0 Å². The molecule has 0 fully saturated rings. The van der Waals surface area contributed by atoms with E-state index in [4.69, 9.17) is 0 Å². The van der Waals surface area contributed by atoms with Crippen LogP contribution in [0.4, 0.5) is 0 Å². The van der Waals surface area contributed by atoms with E-state index in [1.165, 1.54) is 35.7 Å². The second kappa shape index (κ2) is 6.76. The lowest BCUT2D eigenvalue weighted by atomic mass is 10.0. The smallest absolute Gasteiger partial charge is 0.0480 e. The predicted octanol–water partition coefficient (Wildman–Crippen LogP) is 4.09. The lowest BCUT2D eigenvalue weighted by molar-refractivity contribution is 0.480. The fourth-order valence-corrected chi connectivity index (χ4v) is 2.43. The van der Waals surface area contributed by atoms with Gasteiger partial charge in [0.15, 0.2) is 0 Å². The maximum Gasteiger partial charge on any atom is 0.0480 e. The molecule has 2 heteroatoms. The van der Waals surface area contributed by atoms with Crippen molar-refractivity contribution in [1.82, 2.24) is 9.88 Å². The summed E-state index contributed by atoms with van der Waals surface area (Å²) in [4.78, 5) is 0. The standard InChI is InChI=1S/C17H26N2/c1-4-14(2)6-5-10-18-13-15-7-8-16-9-11-19(3)17(16)12-15/h7-9,11-12,14,18H,4-6,10,13H2,1-3H3. The normalized spacial score (nSPS) is 13.0. The first-order valence-electron chi connectivity index (χ1n) is 7.45. The zero-order valence-corrected chi connectivity index (χ0v) is 12.4. The van der Waals surface area contributed by atoms with E-state index in [0.717, 1.165) is 19.0 Å². The summed E-state index contributed by atoms with van der Waals surface area (Å²) in [5.74, 6) is 0.863. The third-order valence-electron chi connectivity index (χ3n) is 4.03. The SMILES string of the molecule is CCC(C)CCCNCc1ccc2ccn(C)c2c1. The van der Waals surface area contributed by atoms with E-state index in [9.17, 15) is 0 Å². The molecule has 0 saturated heterocycles. The molecule has 0 saturated carbocycles. The van der Waals surface area contributed by atoms with E-state index in [0.29, 0.717) is 0 Å². The van der Waals surface area contributed by atoms with Crippen molar-refractivity contribution in [2.24, 2.45) is 13.0 Å². The monoisotopic (exact) mass is 258 g/mol. The van der Waals surface area contributed by atoms with Crippen molar-refractivity contribution < 1.29 is 0 Å². The molecule has 0 aliphatic heterocycles. The Bertz CT molecular complexity index is 513. The largest absolute Gasteiger partial charge is 0.351 e. The highest BCUT2D eigenvalue weighted by atomic mass is 14.9. The fraction of sp³-hybridized carbons (Fsp3) is 0.529.